The van der Waals surface area contributed by atoms with Crippen molar-refractivity contribution < 1.29 is 23.8 Å². The number of hydrogen-bond acceptors (Lipinski definition) is 8. The minimum atomic E-state index is -0.590. The van der Waals surface area contributed by atoms with Crippen LogP contribution in [0.25, 0.3) is 20.8 Å². The van der Waals surface area contributed by atoms with Crippen LogP contribution in [0.5, 0.6) is 11.5 Å². The molecule has 3 amide bonds. The van der Waals surface area contributed by atoms with Crippen LogP contribution < -0.4 is 20.7 Å². The fourth-order valence-electron chi connectivity index (χ4n) is 4.77. The molecule has 0 radical (unpaired) electrons. The number of likely N-dealkylation sites (tertiary alicyclic amines) is 1. The number of amides is 3. The summed E-state index contributed by atoms with van der Waals surface area (Å²) in [6.45, 7) is 1.81. The summed E-state index contributed by atoms with van der Waals surface area (Å²) in [4.78, 5) is 35.7. The highest BCUT2D eigenvalue weighted by atomic mass is 32.1. The van der Waals surface area contributed by atoms with Gasteiger partial charge in [0, 0.05) is 61.9 Å². The molecule has 4 heterocycles. The molecule has 12 heteroatoms. The Morgan fingerprint density at radius 2 is 1.93 bits per heavy atom. The topological polar surface area (TPSA) is 129 Å². The Balaban J connectivity index is 1.11. The van der Waals surface area contributed by atoms with E-state index in [1.165, 1.54) is 23.5 Å². The second kappa shape index (κ2) is 11.8. The molecule has 4 N–H and O–H groups in total. The van der Waals surface area contributed by atoms with Crippen molar-refractivity contribution in [2.45, 2.75) is 37.9 Å². The number of urea groups is 1. The Morgan fingerprint density at radius 1 is 1.05 bits per heavy atom. The molecule has 6 rings (SSSR count). The second-order valence-corrected chi connectivity index (χ2v) is 11.3. The van der Waals surface area contributed by atoms with E-state index < -0.39 is 12.4 Å². The molecule has 41 heavy (non-hydrogen) atoms. The third kappa shape index (κ3) is 6.62. The van der Waals surface area contributed by atoms with Gasteiger partial charge in [-0.15, -0.1) is 11.3 Å². The fourth-order valence-corrected chi connectivity index (χ4v) is 5.81. The number of aliphatic hydroxyl groups is 1. The number of rotatable bonds is 9. The number of aliphatic hydroxyl groups excluding tert-OH is 1. The van der Waals surface area contributed by atoms with Gasteiger partial charge in [0.25, 0.3) is 0 Å². The van der Waals surface area contributed by atoms with E-state index in [2.05, 4.69) is 30.8 Å². The van der Waals surface area contributed by atoms with Crippen LogP contribution in [0.4, 0.5) is 14.9 Å². The first-order chi connectivity index (χ1) is 19.9. The quantitative estimate of drug-likeness (QED) is 0.234. The summed E-state index contributed by atoms with van der Waals surface area (Å²) in [6.07, 6.45) is 6.25. The molecule has 1 aliphatic carbocycles. The summed E-state index contributed by atoms with van der Waals surface area (Å²) in [7, 11) is 0. The van der Waals surface area contributed by atoms with Crippen molar-refractivity contribution in [2.75, 3.05) is 25.0 Å². The SMILES string of the molecule is O=C(CO)NC1CCN(Cc2ccc(-c3cc4nccc(Oc5ccc(NC(=O)NC6CC6)cc5F)c4s3)nc2)C1. The van der Waals surface area contributed by atoms with Gasteiger partial charge in [-0.05, 0) is 49.1 Å². The lowest BCUT2D eigenvalue weighted by molar-refractivity contribution is -0.124. The number of carbonyl (C=O) groups excluding carboxylic acids is 2. The number of hydrogen-bond donors (Lipinski definition) is 4. The maximum absolute atomic E-state index is 14.9. The largest absolute Gasteiger partial charge is 0.453 e. The number of nitrogens with zero attached hydrogens (tertiary/aromatic N) is 3. The standard InChI is InChI=1S/C29H29FN6O4S/c30-21-11-19(35-29(39)34-18-2-3-18)4-6-24(21)40-25-7-9-31-23-12-26(41-28(23)25)22-5-1-17(13-32-22)14-36-10-8-20(15-36)33-27(38)16-37/h1,4-7,9,11-13,18,20,37H,2-3,8,10,14-16H2,(H,33,38)(H2,34,35,39). The number of benzene rings is 1. The van der Waals surface area contributed by atoms with Gasteiger partial charge in [0.15, 0.2) is 11.6 Å². The molecule has 1 saturated heterocycles. The van der Waals surface area contributed by atoms with E-state index in [9.17, 15) is 14.0 Å². The van der Waals surface area contributed by atoms with Gasteiger partial charge in [-0.3, -0.25) is 19.7 Å². The van der Waals surface area contributed by atoms with Crippen LogP contribution in [-0.4, -0.2) is 63.7 Å². The van der Waals surface area contributed by atoms with Gasteiger partial charge in [-0.2, -0.15) is 0 Å². The van der Waals surface area contributed by atoms with Gasteiger partial charge >= 0.3 is 6.03 Å². The fraction of sp³-hybridized carbons (Fsp3) is 0.310. The number of halogens is 1. The van der Waals surface area contributed by atoms with Crippen molar-refractivity contribution in [1.29, 1.82) is 0 Å². The number of nitrogens with one attached hydrogen (secondary N) is 3. The summed E-state index contributed by atoms with van der Waals surface area (Å²) in [5.74, 6) is -0.415. The Labute approximate surface area is 239 Å². The predicted octanol–water partition coefficient (Wildman–Crippen LogP) is 4.26. The molecule has 1 saturated carbocycles. The summed E-state index contributed by atoms with van der Waals surface area (Å²) in [6, 6.07) is 11.9. The first-order valence-corrected chi connectivity index (χ1v) is 14.3. The van der Waals surface area contributed by atoms with Crippen LogP contribution >= 0.6 is 11.3 Å². The van der Waals surface area contributed by atoms with Gasteiger partial charge in [0.2, 0.25) is 5.91 Å². The van der Waals surface area contributed by atoms with E-state index in [0.29, 0.717) is 11.4 Å². The molecule has 0 spiro atoms. The van der Waals surface area contributed by atoms with Crippen LogP contribution in [-0.2, 0) is 11.3 Å². The Morgan fingerprint density at radius 3 is 2.68 bits per heavy atom. The molecule has 1 aliphatic heterocycles. The van der Waals surface area contributed by atoms with E-state index in [0.717, 1.165) is 65.2 Å². The van der Waals surface area contributed by atoms with Gasteiger partial charge in [-0.1, -0.05) is 6.07 Å². The minimum Gasteiger partial charge on any atom is -0.453 e. The minimum absolute atomic E-state index is 0.0446. The molecule has 212 valence electrons. The zero-order chi connectivity index (χ0) is 28.3. The Hall–Kier alpha value is -4.13. The molecule has 4 aromatic rings. The van der Waals surface area contributed by atoms with Gasteiger partial charge in [0.05, 0.1) is 20.8 Å². The molecular weight excluding hydrogens is 547 g/mol. The lowest BCUT2D eigenvalue weighted by Crippen LogP contribution is -2.38. The average Bonchev–Trinajstić information content (AvgIpc) is 3.48. The highest BCUT2D eigenvalue weighted by molar-refractivity contribution is 7.22. The van der Waals surface area contributed by atoms with Crippen LogP contribution in [0.3, 0.4) is 0 Å². The first kappa shape index (κ1) is 27.1. The van der Waals surface area contributed by atoms with Crippen molar-refractivity contribution in [3.05, 3.63) is 66.2 Å². The van der Waals surface area contributed by atoms with Crippen LogP contribution in [0.1, 0.15) is 24.8 Å². The van der Waals surface area contributed by atoms with E-state index >= 15 is 0 Å². The number of anilines is 1. The second-order valence-electron chi connectivity index (χ2n) is 10.3. The molecule has 1 atom stereocenters. The first-order valence-electron chi connectivity index (χ1n) is 13.4. The van der Waals surface area contributed by atoms with Crippen molar-refractivity contribution in [3.63, 3.8) is 0 Å². The molecule has 10 nitrogen and oxygen atoms in total. The van der Waals surface area contributed by atoms with Gasteiger partial charge in [-0.25, -0.2) is 9.18 Å². The zero-order valence-electron chi connectivity index (χ0n) is 22.1. The summed E-state index contributed by atoms with van der Waals surface area (Å²) < 4.78 is 21.6. The maximum atomic E-state index is 14.9. The summed E-state index contributed by atoms with van der Waals surface area (Å²) in [5, 5.41) is 17.2. The van der Waals surface area contributed by atoms with E-state index in [1.807, 2.05) is 24.4 Å². The van der Waals surface area contributed by atoms with Crippen LogP contribution in [0, 0.1) is 5.82 Å². The van der Waals surface area contributed by atoms with E-state index in [1.54, 1.807) is 18.3 Å². The van der Waals surface area contributed by atoms with Crippen LogP contribution in [0.15, 0.2) is 54.9 Å². The number of thiophene rings is 1. The molecule has 0 bridgehead atoms. The monoisotopic (exact) mass is 576 g/mol. The number of aromatic nitrogens is 2. The zero-order valence-corrected chi connectivity index (χ0v) is 22.9. The lowest BCUT2D eigenvalue weighted by atomic mass is 10.2. The van der Waals surface area contributed by atoms with Crippen molar-refractivity contribution >= 4 is 39.2 Å². The van der Waals surface area contributed by atoms with Crippen molar-refractivity contribution in [3.8, 4) is 22.1 Å². The normalized spacial score (nSPS) is 17.0. The van der Waals surface area contributed by atoms with Gasteiger partial charge < -0.3 is 25.8 Å². The highest BCUT2D eigenvalue weighted by Crippen LogP contribution is 2.39. The lowest BCUT2D eigenvalue weighted by Gasteiger charge is -2.16. The molecule has 1 aromatic carbocycles. The maximum Gasteiger partial charge on any atom is 0.319 e. The summed E-state index contributed by atoms with van der Waals surface area (Å²) in [5.41, 5.74) is 2.92. The molecule has 2 fully saturated rings. The van der Waals surface area contributed by atoms with Gasteiger partial charge in [0.1, 0.15) is 12.4 Å². The number of fused-ring (bicyclic) bond motifs is 1. The number of carbonyl (C=O) groups is 2. The third-order valence-electron chi connectivity index (χ3n) is 6.96. The average molecular weight is 577 g/mol. The van der Waals surface area contributed by atoms with Crippen molar-refractivity contribution in [2.24, 2.45) is 0 Å². The smallest absolute Gasteiger partial charge is 0.319 e. The third-order valence-corrected chi connectivity index (χ3v) is 8.12. The number of ether oxygens (including phenoxy) is 1. The number of pyridine rings is 2. The van der Waals surface area contributed by atoms with Crippen LogP contribution in [0.2, 0.25) is 0 Å². The van der Waals surface area contributed by atoms with E-state index in [-0.39, 0.29) is 29.8 Å². The van der Waals surface area contributed by atoms with E-state index in [4.69, 9.17) is 9.84 Å². The Kier molecular flexibility index (Phi) is 7.77. The van der Waals surface area contributed by atoms with Crippen molar-refractivity contribution in [1.82, 2.24) is 25.5 Å². The summed E-state index contributed by atoms with van der Waals surface area (Å²) >= 11 is 1.46. The molecule has 2 aliphatic rings. The highest BCUT2D eigenvalue weighted by Gasteiger charge is 2.24. The predicted molar refractivity (Wildman–Crippen MR) is 153 cm³/mol. The molecule has 1 unspecified atom stereocenters. The molecular formula is C29H29FN6O4S. The molecule has 3 aromatic heterocycles. The Bertz CT molecular complexity index is 1580.